The van der Waals surface area contributed by atoms with Crippen LogP contribution >= 0.6 is 0 Å². The van der Waals surface area contributed by atoms with Crippen molar-refractivity contribution in [2.45, 2.75) is 32.4 Å². The second-order valence-electron chi connectivity index (χ2n) is 6.27. The minimum Gasteiger partial charge on any atom is -0.336 e. The SMILES string of the molecule is CC1CC(C)C2N(C)c3nccnc3N2c2ccccc21. The zero-order chi connectivity index (χ0) is 14.6. The Labute approximate surface area is 125 Å². The molecular formula is C17H20N4. The van der Waals surface area contributed by atoms with E-state index in [-0.39, 0.29) is 0 Å². The Kier molecular flexibility index (Phi) is 2.67. The molecule has 4 nitrogen and oxygen atoms in total. The van der Waals surface area contributed by atoms with Crippen LogP contribution in [0.3, 0.4) is 0 Å². The van der Waals surface area contributed by atoms with Crippen molar-refractivity contribution in [2.75, 3.05) is 16.8 Å². The quantitative estimate of drug-likeness (QED) is 0.739. The van der Waals surface area contributed by atoms with E-state index in [9.17, 15) is 0 Å². The molecule has 3 heterocycles. The second kappa shape index (κ2) is 4.45. The van der Waals surface area contributed by atoms with Crippen LogP contribution in [0.25, 0.3) is 0 Å². The van der Waals surface area contributed by atoms with Crippen molar-refractivity contribution >= 4 is 17.3 Å². The average Bonchev–Trinajstić information content (AvgIpc) is 2.74. The van der Waals surface area contributed by atoms with Gasteiger partial charge in [-0.2, -0.15) is 0 Å². The van der Waals surface area contributed by atoms with Crippen LogP contribution in [0.1, 0.15) is 31.7 Å². The molecule has 2 aliphatic rings. The summed E-state index contributed by atoms with van der Waals surface area (Å²) in [5.41, 5.74) is 2.70. The number of hydrogen-bond acceptors (Lipinski definition) is 4. The second-order valence-corrected chi connectivity index (χ2v) is 6.27. The molecule has 1 aromatic carbocycles. The van der Waals surface area contributed by atoms with Gasteiger partial charge in [0.2, 0.25) is 0 Å². The van der Waals surface area contributed by atoms with Gasteiger partial charge in [-0.05, 0) is 29.9 Å². The number of nitrogens with zero attached hydrogens (tertiary/aromatic N) is 4. The molecule has 3 atom stereocenters. The summed E-state index contributed by atoms with van der Waals surface area (Å²) in [5, 5.41) is 0. The highest BCUT2D eigenvalue weighted by molar-refractivity contribution is 5.79. The Morgan fingerprint density at radius 1 is 1.05 bits per heavy atom. The number of rotatable bonds is 0. The third-order valence-electron chi connectivity index (χ3n) is 4.85. The maximum Gasteiger partial charge on any atom is 0.178 e. The van der Waals surface area contributed by atoms with Gasteiger partial charge in [0.15, 0.2) is 11.6 Å². The minimum atomic E-state index is 0.300. The summed E-state index contributed by atoms with van der Waals surface area (Å²) in [6.07, 6.45) is 5.04. The minimum absolute atomic E-state index is 0.300. The largest absolute Gasteiger partial charge is 0.336 e. The maximum absolute atomic E-state index is 4.62. The molecule has 0 N–H and O–H groups in total. The first-order valence-electron chi connectivity index (χ1n) is 7.60. The van der Waals surface area contributed by atoms with Crippen LogP contribution in [0, 0.1) is 5.92 Å². The Bertz CT molecular complexity index is 684. The van der Waals surface area contributed by atoms with Gasteiger partial charge in [0.1, 0.15) is 6.17 Å². The predicted octanol–water partition coefficient (Wildman–Crippen LogP) is 3.53. The van der Waals surface area contributed by atoms with Gasteiger partial charge in [0.05, 0.1) is 0 Å². The lowest BCUT2D eigenvalue weighted by Gasteiger charge is -2.32. The number of fused-ring (bicyclic) bond motifs is 5. The van der Waals surface area contributed by atoms with Gasteiger partial charge >= 0.3 is 0 Å². The maximum atomic E-state index is 4.62. The summed E-state index contributed by atoms with van der Waals surface area (Å²) in [6, 6.07) is 8.72. The monoisotopic (exact) mass is 280 g/mol. The fourth-order valence-electron chi connectivity index (χ4n) is 3.99. The molecule has 3 unspecified atom stereocenters. The van der Waals surface area contributed by atoms with E-state index in [1.54, 1.807) is 12.4 Å². The van der Waals surface area contributed by atoms with E-state index in [1.165, 1.54) is 17.7 Å². The van der Waals surface area contributed by atoms with Gasteiger partial charge in [-0.25, -0.2) is 9.97 Å². The van der Waals surface area contributed by atoms with Crippen LogP contribution in [-0.2, 0) is 0 Å². The molecule has 1 aromatic heterocycles. The molecular weight excluding hydrogens is 260 g/mol. The highest BCUT2D eigenvalue weighted by Crippen LogP contribution is 2.49. The number of hydrogen-bond donors (Lipinski definition) is 0. The zero-order valence-electron chi connectivity index (χ0n) is 12.7. The van der Waals surface area contributed by atoms with Crippen molar-refractivity contribution in [2.24, 2.45) is 5.92 Å². The van der Waals surface area contributed by atoms with Gasteiger partial charge in [-0.3, -0.25) is 0 Å². The number of aromatic nitrogens is 2. The lowest BCUT2D eigenvalue weighted by molar-refractivity contribution is 0.413. The van der Waals surface area contributed by atoms with Crippen LogP contribution in [0.4, 0.5) is 17.3 Å². The first-order valence-corrected chi connectivity index (χ1v) is 7.60. The van der Waals surface area contributed by atoms with Crippen LogP contribution < -0.4 is 9.80 Å². The van der Waals surface area contributed by atoms with Gasteiger partial charge < -0.3 is 9.80 Å². The topological polar surface area (TPSA) is 32.3 Å². The van der Waals surface area contributed by atoms with E-state index in [4.69, 9.17) is 0 Å². The fourth-order valence-corrected chi connectivity index (χ4v) is 3.99. The van der Waals surface area contributed by atoms with Gasteiger partial charge in [-0.1, -0.05) is 32.0 Å². The lowest BCUT2D eigenvalue weighted by atomic mass is 9.91. The molecule has 2 aliphatic heterocycles. The van der Waals surface area contributed by atoms with Gasteiger partial charge in [0.25, 0.3) is 0 Å². The van der Waals surface area contributed by atoms with E-state index in [0.717, 1.165) is 11.6 Å². The van der Waals surface area contributed by atoms with Gasteiger partial charge in [-0.15, -0.1) is 0 Å². The zero-order valence-corrected chi connectivity index (χ0v) is 12.7. The van der Waals surface area contributed by atoms with E-state index in [0.29, 0.717) is 18.0 Å². The fraction of sp³-hybridized carbons (Fsp3) is 0.412. The Morgan fingerprint density at radius 3 is 2.57 bits per heavy atom. The van der Waals surface area contributed by atoms with Gasteiger partial charge in [0, 0.05) is 25.1 Å². The highest BCUT2D eigenvalue weighted by Gasteiger charge is 2.43. The van der Waals surface area contributed by atoms with Crippen molar-refractivity contribution in [3.05, 3.63) is 42.2 Å². The van der Waals surface area contributed by atoms with Crippen molar-refractivity contribution in [1.29, 1.82) is 0 Å². The molecule has 2 aromatic rings. The first-order chi connectivity index (χ1) is 10.2. The molecule has 21 heavy (non-hydrogen) atoms. The molecule has 108 valence electrons. The summed E-state index contributed by atoms with van der Waals surface area (Å²) < 4.78 is 0. The third kappa shape index (κ3) is 1.68. The molecule has 4 heteroatoms. The first kappa shape index (κ1) is 12.6. The summed E-state index contributed by atoms with van der Waals surface area (Å²) in [7, 11) is 2.13. The van der Waals surface area contributed by atoms with Crippen LogP contribution in [-0.4, -0.2) is 23.2 Å². The molecule has 0 fully saturated rings. The van der Waals surface area contributed by atoms with Crippen molar-refractivity contribution in [3.8, 4) is 0 Å². The van der Waals surface area contributed by atoms with E-state index in [2.05, 4.69) is 64.9 Å². The van der Waals surface area contributed by atoms with Crippen molar-refractivity contribution in [3.63, 3.8) is 0 Å². The smallest absolute Gasteiger partial charge is 0.178 e. The normalized spacial score (nSPS) is 26.9. The molecule has 0 aliphatic carbocycles. The summed E-state index contributed by atoms with van der Waals surface area (Å²) >= 11 is 0. The lowest BCUT2D eigenvalue weighted by Crippen LogP contribution is -2.43. The Balaban J connectivity index is 1.97. The molecule has 0 radical (unpaired) electrons. The van der Waals surface area contributed by atoms with Crippen LogP contribution in [0.15, 0.2) is 36.7 Å². The number of para-hydroxylation sites is 1. The summed E-state index contributed by atoms with van der Waals surface area (Å²) in [5.74, 6) is 3.08. The molecule has 0 saturated carbocycles. The third-order valence-corrected chi connectivity index (χ3v) is 4.85. The molecule has 4 rings (SSSR count). The summed E-state index contributed by atoms with van der Waals surface area (Å²) in [4.78, 5) is 13.8. The van der Waals surface area contributed by atoms with Crippen molar-refractivity contribution < 1.29 is 0 Å². The average molecular weight is 280 g/mol. The summed E-state index contributed by atoms with van der Waals surface area (Å²) in [6.45, 7) is 4.66. The number of benzene rings is 1. The van der Waals surface area contributed by atoms with E-state index in [1.807, 2.05) is 0 Å². The highest BCUT2D eigenvalue weighted by atomic mass is 15.5. The standard InChI is InChI=1S/C17H20N4/c1-11-10-12(2)17-20(3)15-16(19-9-8-18-15)21(17)14-7-5-4-6-13(11)14/h4-9,11-12,17H,10H2,1-3H3. The molecule has 0 saturated heterocycles. The Hall–Kier alpha value is -2.10. The van der Waals surface area contributed by atoms with E-state index >= 15 is 0 Å². The number of anilines is 3. The van der Waals surface area contributed by atoms with Crippen LogP contribution in [0.2, 0.25) is 0 Å². The van der Waals surface area contributed by atoms with E-state index < -0.39 is 0 Å². The van der Waals surface area contributed by atoms with Crippen LogP contribution in [0.5, 0.6) is 0 Å². The molecule has 0 bridgehead atoms. The molecule has 0 amide bonds. The Morgan fingerprint density at radius 2 is 1.76 bits per heavy atom. The predicted molar refractivity (Wildman–Crippen MR) is 85.0 cm³/mol. The molecule has 0 spiro atoms. The van der Waals surface area contributed by atoms with Crippen molar-refractivity contribution in [1.82, 2.24) is 9.97 Å².